The second-order valence-corrected chi connectivity index (χ2v) is 10.4. The van der Waals surface area contributed by atoms with Crippen molar-refractivity contribution in [3.8, 4) is 11.1 Å². The first-order chi connectivity index (χ1) is 16.6. The van der Waals surface area contributed by atoms with Crippen molar-refractivity contribution in [1.29, 1.82) is 0 Å². The van der Waals surface area contributed by atoms with Gasteiger partial charge in [-0.15, -0.1) is 5.10 Å². The maximum Gasteiger partial charge on any atom is 0.322 e. The van der Waals surface area contributed by atoms with Gasteiger partial charge in [-0.05, 0) is 67.3 Å². The summed E-state index contributed by atoms with van der Waals surface area (Å²) in [4.78, 5) is 24.6. The van der Waals surface area contributed by atoms with Crippen molar-refractivity contribution < 1.29 is 22.7 Å². The normalized spacial score (nSPS) is 12.5. The van der Waals surface area contributed by atoms with Crippen molar-refractivity contribution in [2.45, 2.75) is 37.0 Å². The molecule has 4 aromatic rings. The molecule has 3 aromatic carbocycles. The van der Waals surface area contributed by atoms with Crippen molar-refractivity contribution >= 4 is 26.7 Å². The van der Waals surface area contributed by atoms with Gasteiger partial charge in [0, 0.05) is 6.54 Å². The number of rotatable bonds is 7. The van der Waals surface area contributed by atoms with E-state index in [0.29, 0.717) is 27.6 Å². The van der Waals surface area contributed by atoms with Crippen LogP contribution >= 0.6 is 0 Å². The summed E-state index contributed by atoms with van der Waals surface area (Å²) in [5, 5.41) is 16.1. The third-order valence-electron chi connectivity index (χ3n) is 5.79. The molecule has 0 aliphatic carbocycles. The number of hydrogen-bond acceptors (Lipinski definition) is 6. The van der Waals surface area contributed by atoms with E-state index in [1.165, 1.54) is 18.2 Å². The predicted molar refractivity (Wildman–Crippen MR) is 128 cm³/mol. The average Bonchev–Trinajstić information content (AvgIpc) is 2.81. The van der Waals surface area contributed by atoms with Gasteiger partial charge in [0.2, 0.25) is 0 Å². The van der Waals surface area contributed by atoms with E-state index >= 15 is 0 Å². The predicted octanol–water partition coefficient (Wildman–Crippen LogP) is 3.53. The van der Waals surface area contributed by atoms with Crippen LogP contribution in [0.4, 0.5) is 4.39 Å². The Labute approximate surface area is 200 Å². The molecule has 1 aromatic heterocycles. The number of aromatic nitrogens is 3. The highest BCUT2D eigenvalue weighted by Gasteiger charge is 2.35. The second-order valence-electron chi connectivity index (χ2n) is 8.29. The van der Waals surface area contributed by atoms with Crippen LogP contribution in [-0.4, -0.2) is 39.7 Å². The van der Waals surface area contributed by atoms with Crippen LogP contribution in [0.15, 0.2) is 70.4 Å². The Morgan fingerprint density at radius 3 is 2.37 bits per heavy atom. The second kappa shape index (κ2) is 9.38. The van der Waals surface area contributed by atoms with Gasteiger partial charge in [0.1, 0.15) is 11.3 Å². The molecule has 1 heterocycles. The van der Waals surface area contributed by atoms with Crippen LogP contribution in [0.1, 0.15) is 17.5 Å². The molecule has 0 bridgehead atoms. The lowest BCUT2D eigenvalue weighted by Gasteiger charge is -2.16. The van der Waals surface area contributed by atoms with E-state index in [1.54, 1.807) is 49.4 Å². The summed E-state index contributed by atoms with van der Waals surface area (Å²) >= 11 is 0. The number of aliphatic carboxylic acids is 1. The molecular weight excluding hydrogens is 473 g/mol. The number of carbonyl (C=O) groups is 1. The first-order valence-electron chi connectivity index (χ1n) is 10.8. The van der Waals surface area contributed by atoms with Gasteiger partial charge in [0.25, 0.3) is 5.56 Å². The highest BCUT2D eigenvalue weighted by atomic mass is 32.2. The fourth-order valence-corrected chi connectivity index (χ4v) is 5.68. The Morgan fingerprint density at radius 2 is 1.71 bits per heavy atom. The fraction of sp³-hybridized carbons (Fsp3) is 0.200. The largest absolute Gasteiger partial charge is 0.480 e. The molecule has 1 atom stereocenters. The van der Waals surface area contributed by atoms with Gasteiger partial charge in [0.15, 0.2) is 15.1 Å². The van der Waals surface area contributed by atoms with Crippen LogP contribution < -0.4 is 5.56 Å². The van der Waals surface area contributed by atoms with Crippen molar-refractivity contribution in [3.05, 3.63) is 88.0 Å². The van der Waals surface area contributed by atoms with E-state index in [2.05, 4.69) is 10.3 Å². The van der Waals surface area contributed by atoms with Crippen LogP contribution in [0.25, 0.3) is 22.0 Å². The maximum atomic E-state index is 13.3. The molecule has 1 N–H and O–H groups in total. The first-order valence-corrected chi connectivity index (χ1v) is 12.3. The molecule has 180 valence electrons. The topological polar surface area (TPSA) is 119 Å². The van der Waals surface area contributed by atoms with Gasteiger partial charge in [-0.1, -0.05) is 41.1 Å². The van der Waals surface area contributed by atoms with Crippen LogP contribution in [0.2, 0.25) is 0 Å². The number of fused-ring (bicyclic) bond motifs is 1. The molecule has 0 aliphatic rings. The molecule has 0 amide bonds. The number of halogens is 1. The minimum atomic E-state index is -4.29. The first kappa shape index (κ1) is 24.2. The van der Waals surface area contributed by atoms with Crippen LogP contribution in [0.5, 0.6) is 0 Å². The Balaban J connectivity index is 1.63. The molecule has 10 heteroatoms. The number of sulfone groups is 1. The Bertz CT molecular complexity index is 1600. The van der Waals surface area contributed by atoms with Gasteiger partial charge in [-0.2, -0.15) is 0 Å². The molecule has 4 rings (SSSR count). The standard InChI is InChI=1S/C25H22FN3O5S/c1-15-3-9-21-20(13-15)24(30)29(28-27-21)12-11-23(25(31)32)35(33,34)22-10-6-18(14-16(22)2)17-4-7-19(26)8-5-17/h3-10,13-14,23H,11-12H2,1-2H3,(H,31,32). The maximum absolute atomic E-state index is 13.3. The van der Waals surface area contributed by atoms with E-state index in [-0.39, 0.29) is 23.7 Å². The van der Waals surface area contributed by atoms with Crippen molar-refractivity contribution in [2.75, 3.05) is 0 Å². The molecule has 0 saturated carbocycles. The average molecular weight is 496 g/mol. The van der Waals surface area contributed by atoms with Gasteiger partial charge >= 0.3 is 5.97 Å². The molecule has 0 spiro atoms. The van der Waals surface area contributed by atoms with Crippen molar-refractivity contribution in [2.24, 2.45) is 0 Å². The quantitative estimate of drug-likeness (QED) is 0.417. The van der Waals surface area contributed by atoms with Gasteiger partial charge in [-0.25, -0.2) is 17.5 Å². The van der Waals surface area contributed by atoms with E-state index in [1.807, 2.05) is 6.92 Å². The van der Waals surface area contributed by atoms with Crippen LogP contribution in [-0.2, 0) is 21.2 Å². The highest BCUT2D eigenvalue weighted by molar-refractivity contribution is 7.92. The lowest BCUT2D eigenvalue weighted by molar-refractivity contribution is -0.136. The minimum Gasteiger partial charge on any atom is -0.480 e. The lowest BCUT2D eigenvalue weighted by atomic mass is 10.0. The zero-order valence-corrected chi connectivity index (χ0v) is 19.8. The van der Waals surface area contributed by atoms with E-state index in [0.717, 1.165) is 10.2 Å². The lowest BCUT2D eigenvalue weighted by Crippen LogP contribution is -2.34. The summed E-state index contributed by atoms with van der Waals surface area (Å²) in [5.74, 6) is -1.91. The summed E-state index contributed by atoms with van der Waals surface area (Å²) in [6.45, 7) is 3.15. The van der Waals surface area contributed by atoms with E-state index < -0.39 is 26.6 Å². The Kier molecular flexibility index (Phi) is 6.49. The third-order valence-corrected chi connectivity index (χ3v) is 8.05. The number of carboxylic acids is 1. The number of carboxylic acid groups (broad SMARTS) is 1. The minimum absolute atomic E-state index is 0.122. The smallest absolute Gasteiger partial charge is 0.322 e. The highest BCUT2D eigenvalue weighted by Crippen LogP contribution is 2.28. The molecule has 0 saturated heterocycles. The van der Waals surface area contributed by atoms with Gasteiger partial charge in [0.05, 0.1) is 10.3 Å². The monoisotopic (exact) mass is 495 g/mol. The summed E-state index contributed by atoms with van der Waals surface area (Å²) in [6, 6.07) is 15.4. The summed E-state index contributed by atoms with van der Waals surface area (Å²) in [6.07, 6.45) is -0.372. The number of hydrogen-bond donors (Lipinski definition) is 1. The van der Waals surface area contributed by atoms with Gasteiger partial charge < -0.3 is 5.11 Å². The molecule has 8 nitrogen and oxygen atoms in total. The zero-order chi connectivity index (χ0) is 25.3. The van der Waals surface area contributed by atoms with E-state index in [9.17, 15) is 27.5 Å². The SMILES string of the molecule is Cc1ccc2nnn(CCC(C(=O)O)S(=O)(=O)c3ccc(-c4ccc(F)cc4)cc3C)c(=O)c2c1. The molecule has 35 heavy (non-hydrogen) atoms. The number of aryl methyl sites for hydroxylation is 3. The Morgan fingerprint density at radius 1 is 1.03 bits per heavy atom. The third kappa shape index (κ3) is 4.83. The molecule has 0 fully saturated rings. The number of nitrogens with zero attached hydrogens (tertiary/aromatic N) is 3. The van der Waals surface area contributed by atoms with Crippen LogP contribution in [0.3, 0.4) is 0 Å². The summed E-state index contributed by atoms with van der Waals surface area (Å²) in [7, 11) is -4.29. The van der Waals surface area contributed by atoms with Crippen molar-refractivity contribution in [3.63, 3.8) is 0 Å². The zero-order valence-electron chi connectivity index (χ0n) is 19.0. The van der Waals surface area contributed by atoms with Crippen LogP contribution in [0, 0.1) is 19.7 Å². The molecule has 0 radical (unpaired) electrons. The summed E-state index contributed by atoms with van der Waals surface area (Å²) < 4.78 is 40.8. The van der Waals surface area contributed by atoms with E-state index in [4.69, 9.17) is 0 Å². The molecular formula is C25H22FN3O5S. The number of benzene rings is 3. The molecule has 1 unspecified atom stereocenters. The fourth-order valence-electron chi connectivity index (χ4n) is 3.93. The summed E-state index contributed by atoms with van der Waals surface area (Å²) in [5.41, 5.74) is 2.49. The van der Waals surface area contributed by atoms with Crippen molar-refractivity contribution in [1.82, 2.24) is 15.0 Å². The molecule has 0 aliphatic heterocycles. The Hall–Kier alpha value is -3.92. The van der Waals surface area contributed by atoms with Gasteiger partial charge in [-0.3, -0.25) is 9.59 Å².